The van der Waals surface area contributed by atoms with Crippen molar-refractivity contribution in [2.24, 2.45) is 13.0 Å². The van der Waals surface area contributed by atoms with Crippen molar-refractivity contribution in [3.05, 3.63) is 51.9 Å². The van der Waals surface area contributed by atoms with E-state index in [9.17, 15) is 19.5 Å². The van der Waals surface area contributed by atoms with Crippen molar-refractivity contribution in [1.29, 1.82) is 0 Å². The molecule has 40 heavy (non-hydrogen) atoms. The van der Waals surface area contributed by atoms with Crippen molar-refractivity contribution in [3.8, 4) is 11.4 Å². The third-order valence-electron chi connectivity index (χ3n) is 7.45. The number of aromatic nitrogens is 3. The van der Waals surface area contributed by atoms with Gasteiger partial charge in [0.05, 0.1) is 23.2 Å². The number of nitrogens with one attached hydrogen (secondary N) is 1. The topological polar surface area (TPSA) is 119 Å². The third kappa shape index (κ3) is 6.62. The van der Waals surface area contributed by atoms with Gasteiger partial charge >= 0.3 is 5.97 Å². The second-order valence-electron chi connectivity index (χ2n) is 11.3. The van der Waals surface area contributed by atoms with Crippen LogP contribution in [-0.4, -0.2) is 67.3 Å². The Morgan fingerprint density at radius 1 is 1.23 bits per heavy atom. The van der Waals surface area contributed by atoms with Gasteiger partial charge in [0.15, 0.2) is 0 Å². The normalized spacial score (nSPS) is 17.3. The average molecular weight is 552 g/mol. The number of fused-ring (bicyclic) bond motifs is 1. The molecule has 3 heterocycles. The van der Waals surface area contributed by atoms with E-state index < -0.39 is 18.1 Å². The Labute approximate surface area is 235 Å². The highest BCUT2D eigenvalue weighted by Crippen LogP contribution is 2.29. The number of piperidine rings is 1. The molecule has 0 radical (unpaired) electrons. The first-order valence-corrected chi connectivity index (χ1v) is 14.0. The molecule has 1 aliphatic heterocycles. The number of amides is 1. The molecule has 2 N–H and O–H groups in total. The number of benzene rings is 1. The van der Waals surface area contributed by atoms with E-state index >= 15 is 0 Å². The number of pyridine rings is 1. The Morgan fingerprint density at radius 3 is 2.62 bits per heavy atom. The second kappa shape index (κ2) is 12.3. The number of ether oxygens (including phenoxy) is 1. The minimum atomic E-state index is -0.918. The number of aryl methyl sites for hydroxylation is 2. The smallest absolute Gasteiger partial charge is 0.326 e. The standard InChI is InChI=1S/C30H41N5O5/c1-18(2)40-30(39)27(20(4)36)31-14-22-9-10-26-25(13-22)32-28(24-12-19(3)29(38)33(6)17-24)35(26)16-23-8-7-11-34(15-23)21(5)37/h9-10,12-13,17-18,20,23,27,31,36H,7-8,11,14-16H2,1-6H3/t20-,23?,27+/m1/s1. The lowest BCUT2D eigenvalue weighted by atomic mass is 9.97. The summed E-state index contributed by atoms with van der Waals surface area (Å²) in [6.45, 7) is 11.1. The van der Waals surface area contributed by atoms with Crippen LogP contribution < -0.4 is 10.9 Å². The summed E-state index contributed by atoms with van der Waals surface area (Å²) in [6, 6.07) is 7.01. The minimum absolute atomic E-state index is 0.0483. The van der Waals surface area contributed by atoms with Crippen LogP contribution in [0.5, 0.6) is 0 Å². The number of rotatable bonds is 9. The maximum absolute atomic E-state index is 12.5. The molecule has 0 spiro atoms. The van der Waals surface area contributed by atoms with Gasteiger partial charge in [-0.3, -0.25) is 19.7 Å². The lowest BCUT2D eigenvalue weighted by Gasteiger charge is -2.32. The monoisotopic (exact) mass is 551 g/mol. The number of esters is 1. The van der Waals surface area contributed by atoms with Gasteiger partial charge in [0.25, 0.3) is 5.56 Å². The SMILES string of the molecule is CC(=O)N1CCCC(Cn2c(-c3cc(C)c(=O)n(C)c3)nc3cc(CN[C@H](C(=O)OC(C)C)[C@@H](C)O)ccc32)C1. The summed E-state index contributed by atoms with van der Waals surface area (Å²) in [5.41, 5.74) is 4.09. The maximum Gasteiger partial charge on any atom is 0.326 e. The Morgan fingerprint density at radius 2 is 1.98 bits per heavy atom. The summed E-state index contributed by atoms with van der Waals surface area (Å²) in [4.78, 5) is 43.8. The fourth-order valence-electron chi connectivity index (χ4n) is 5.43. The van der Waals surface area contributed by atoms with E-state index in [1.54, 1.807) is 46.2 Å². The molecular formula is C30H41N5O5. The number of aliphatic hydroxyl groups excluding tert-OH is 1. The van der Waals surface area contributed by atoms with Crippen molar-refractivity contribution in [2.75, 3.05) is 13.1 Å². The third-order valence-corrected chi connectivity index (χ3v) is 7.45. The number of carbonyl (C=O) groups excluding carboxylic acids is 2. The minimum Gasteiger partial charge on any atom is -0.462 e. The molecule has 10 heteroatoms. The van der Waals surface area contributed by atoms with Crippen LogP contribution in [0.15, 0.2) is 35.3 Å². The number of nitrogens with zero attached hydrogens (tertiary/aromatic N) is 4. The van der Waals surface area contributed by atoms with Gasteiger partial charge < -0.3 is 23.9 Å². The predicted molar refractivity (Wildman–Crippen MR) is 154 cm³/mol. The molecule has 2 aromatic heterocycles. The first kappa shape index (κ1) is 29.5. The van der Waals surface area contributed by atoms with Crippen molar-refractivity contribution in [1.82, 2.24) is 24.3 Å². The molecule has 0 saturated carbocycles. The average Bonchev–Trinajstić information content (AvgIpc) is 3.24. The largest absolute Gasteiger partial charge is 0.462 e. The number of hydrogen-bond acceptors (Lipinski definition) is 7. The molecule has 1 amide bonds. The fraction of sp³-hybridized carbons (Fsp3) is 0.533. The highest BCUT2D eigenvalue weighted by Gasteiger charge is 2.27. The van der Waals surface area contributed by atoms with Crippen molar-refractivity contribution in [2.45, 2.75) is 78.8 Å². The van der Waals surface area contributed by atoms with Crippen LogP contribution >= 0.6 is 0 Å². The summed E-state index contributed by atoms with van der Waals surface area (Å²) >= 11 is 0. The van der Waals surface area contributed by atoms with Crippen molar-refractivity contribution in [3.63, 3.8) is 0 Å². The van der Waals surface area contributed by atoms with E-state index in [4.69, 9.17) is 9.72 Å². The molecule has 3 atom stereocenters. The van der Waals surface area contributed by atoms with Gasteiger partial charge in [-0.25, -0.2) is 4.98 Å². The number of hydrogen-bond donors (Lipinski definition) is 2. The lowest BCUT2D eigenvalue weighted by molar-refractivity contribution is -0.152. The van der Waals surface area contributed by atoms with Crippen molar-refractivity contribution < 1.29 is 19.4 Å². The van der Waals surface area contributed by atoms with Gasteiger partial charge in [-0.2, -0.15) is 0 Å². The van der Waals surface area contributed by atoms with Crippen molar-refractivity contribution >= 4 is 22.9 Å². The van der Waals surface area contributed by atoms with E-state index in [0.29, 0.717) is 25.2 Å². The van der Waals surface area contributed by atoms with Crippen LogP contribution in [0.4, 0.5) is 0 Å². The van der Waals surface area contributed by atoms with Crippen LogP contribution in [0.2, 0.25) is 0 Å². The van der Waals surface area contributed by atoms with E-state index in [2.05, 4.69) is 9.88 Å². The molecule has 1 aliphatic rings. The van der Waals surface area contributed by atoms with Crippen LogP contribution in [0, 0.1) is 12.8 Å². The second-order valence-corrected chi connectivity index (χ2v) is 11.3. The quantitative estimate of drug-likeness (QED) is 0.393. The van der Waals surface area contributed by atoms with E-state index in [1.807, 2.05) is 35.4 Å². The number of carbonyl (C=O) groups is 2. The highest BCUT2D eigenvalue weighted by molar-refractivity contribution is 5.81. The summed E-state index contributed by atoms with van der Waals surface area (Å²) in [7, 11) is 1.74. The first-order chi connectivity index (χ1) is 18.9. The molecule has 1 saturated heterocycles. The Hall–Kier alpha value is -3.50. The molecule has 1 aromatic carbocycles. The molecule has 0 bridgehead atoms. The van der Waals surface area contributed by atoms with Gasteiger partial charge in [0, 0.05) is 57.5 Å². The van der Waals surface area contributed by atoms with Gasteiger partial charge in [-0.15, -0.1) is 0 Å². The predicted octanol–water partition coefficient (Wildman–Crippen LogP) is 2.76. The van der Waals surface area contributed by atoms with Gasteiger partial charge in [0.2, 0.25) is 5.91 Å². The first-order valence-electron chi connectivity index (χ1n) is 14.0. The summed E-state index contributed by atoms with van der Waals surface area (Å²) in [5, 5.41) is 13.3. The number of aliphatic hydroxyl groups is 1. The van der Waals surface area contributed by atoms with Crippen LogP contribution in [0.3, 0.4) is 0 Å². The molecule has 10 nitrogen and oxygen atoms in total. The molecule has 216 valence electrons. The molecule has 4 rings (SSSR count). The number of likely N-dealkylation sites (tertiary alicyclic amines) is 1. The van der Waals surface area contributed by atoms with Gasteiger partial charge in [-0.1, -0.05) is 6.07 Å². The van der Waals surface area contributed by atoms with E-state index in [-0.39, 0.29) is 23.5 Å². The lowest BCUT2D eigenvalue weighted by Crippen LogP contribution is -2.46. The fourth-order valence-corrected chi connectivity index (χ4v) is 5.43. The summed E-state index contributed by atoms with van der Waals surface area (Å²) < 4.78 is 9.07. The highest BCUT2D eigenvalue weighted by atomic mass is 16.5. The Bertz CT molecular complexity index is 1410. The Kier molecular flexibility index (Phi) is 9.10. The summed E-state index contributed by atoms with van der Waals surface area (Å²) in [6.07, 6.45) is 2.60. The van der Waals surface area contributed by atoms with E-state index in [0.717, 1.165) is 47.4 Å². The number of imidazole rings is 1. The maximum atomic E-state index is 12.5. The van der Waals surface area contributed by atoms with Gasteiger partial charge in [-0.05, 0) is 70.2 Å². The zero-order valence-corrected chi connectivity index (χ0v) is 24.3. The molecule has 0 aliphatic carbocycles. The van der Waals surface area contributed by atoms with E-state index in [1.165, 1.54) is 0 Å². The molecule has 1 fully saturated rings. The van der Waals surface area contributed by atoms with Crippen LogP contribution in [0.1, 0.15) is 51.7 Å². The molecule has 3 aromatic rings. The van der Waals surface area contributed by atoms with Gasteiger partial charge in [0.1, 0.15) is 11.9 Å². The Balaban J connectivity index is 1.68. The van der Waals surface area contributed by atoms with Crippen LogP contribution in [-0.2, 0) is 34.5 Å². The zero-order chi connectivity index (χ0) is 29.1. The van der Waals surface area contributed by atoms with Crippen LogP contribution in [0.25, 0.3) is 22.4 Å². The summed E-state index contributed by atoms with van der Waals surface area (Å²) in [5.74, 6) is 0.650. The molecule has 1 unspecified atom stereocenters. The zero-order valence-electron chi connectivity index (χ0n) is 24.3. The molecular weight excluding hydrogens is 510 g/mol.